The molecule has 1 N–H and O–H groups in total. The molecule has 1 aromatic carbocycles. The maximum atomic E-state index is 12.9. The largest absolute Gasteiger partial charge is 0.496 e. The lowest BCUT2D eigenvalue weighted by atomic mass is 10.0. The molecule has 0 fully saturated rings. The van der Waals surface area contributed by atoms with E-state index in [1.54, 1.807) is 24.6 Å². The van der Waals surface area contributed by atoms with Crippen LogP contribution in [0.1, 0.15) is 27.9 Å². The fraction of sp³-hybridized carbons (Fsp3) is 0.333. The van der Waals surface area contributed by atoms with E-state index in [0.717, 1.165) is 36.6 Å². The Morgan fingerprint density at radius 2 is 2.21 bits per heavy atom. The van der Waals surface area contributed by atoms with E-state index in [1.165, 1.54) is 10.4 Å². The Labute approximate surface area is 168 Å². The standard InChI is InChI=1S/C21H24N4O2S/c1-24-11-9-22-21(24)20(16-5-3-4-6-17(16)27-2)23-19(26)14-25-10-7-18-15(13-25)8-12-28-18/h3-6,8-9,11-12,20H,7,10,13-14H2,1-2H3,(H,23,26)/t20-/m0/s1. The van der Waals surface area contributed by atoms with E-state index >= 15 is 0 Å². The first-order valence-corrected chi connectivity index (χ1v) is 10.2. The molecule has 0 saturated heterocycles. The van der Waals surface area contributed by atoms with Crippen molar-refractivity contribution in [3.05, 3.63) is 69.9 Å². The van der Waals surface area contributed by atoms with E-state index in [2.05, 4.69) is 26.6 Å². The average molecular weight is 397 g/mol. The summed E-state index contributed by atoms with van der Waals surface area (Å²) >= 11 is 1.81. The molecule has 0 unspecified atom stereocenters. The van der Waals surface area contributed by atoms with Crippen LogP contribution in [0.2, 0.25) is 0 Å². The van der Waals surface area contributed by atoms with E-state index in [4.69, 9.17) is 4.74 Å². The second kappa shape index (κ2) is 8.16. The van der Waals surface area contributed by atoms with Crippen LogP contribution in [-0.2, 0) is 24.8 Å². The van der Waals surface area contributed by atoms with Gasteiger partial charge in [0.2, 0.25) is 5.91 Å². The van der Waals surface area contributed by atoms with Crippen LogP contribution in [0.25, 0.3) is 0 Å². The molecule has 2 aromatic heterocycles. The Bertz CT molecular complexity index is 965. The highest BCUT2D eigenvalue weighted by Crippen LogP contribution is 2.29. The summed E-state index contributed by atoms with van der Waals surface area (Å²) in [5.74, 6) is 1.49. The summed E-state index contributed by atoms with van der Waals surface area (Å²) in [5, 5.41) is 5.31. The van der Waals surface area contributed by atoms with Gasteiger partial charge in [-0.05, 0) is 29.5 Å². The number of aryl methyl sites for hydroxylation is 1. The van der Waals surface area contributed by atoms with Gasteiger partial charge in [-0.3, -0.25) is 9.69 Å². The number of methoxy groups -OCH3 is 1. The molecular weight excluding hydrogens is 372 g/mol. The van der Waals surface area contributed by atoms with Gasteiger partial charge >= 0.3 is 0 Å². The van der Waals surface area contributed by atoms with Crippen LogP contribution in [0, 0.1) is 0 Å². The number of amides is 1. The quantitative estimate of drug-likeness (QED) is 0.696. The molecule has 4 rings (SSSR count). The molecule has 3 aromatic rings. The number of carbonyl (C=O) groups is 1. The number of rotatable bonds is 6. The van der Waals surface area contributed by atoms with Crippen LogP contribution in [0.4, 0.5) is 0 Å². The third kappa shape index (κ3) is 3.81. The fourth-order valence-electron chi connectivity index (χ4n) is 3.69. The van der Waals surface area contributed by atoms with Gasteiger partial charge in [0.25, 0.3) is 0 Å². The maximum absolute atomic E-state index is 12.9. The van der Waals surface area contributed by atoms with Crippen molar-refractivity contribution >= 4 is 17.2 Å². The Morgan fingerprint density at radius 3 is 3.00 bits per heavy atom. The normalized spacial score (nSPS) is 15.1. The molecule has 0 saturated carbocycles. The number of thiophene rings is 1. The van der Waals surface area contributed by atoms with Crippen LogP contribution < -0.4 is 10.1 Å². The predicted molar refractivity (Wildman–Crippen MR) is 109 cm³/mol. The van der Waals surface area contributed by atoms with Gasteiger partial charge in [-0.25, -0.2) is 4.98 Å². The van der Waals surface area contributed by atoms with Crippen molar-refractivity contribution in [1.82, 2.24) is 19.8 Å². The third-order valence-corrected chi connectivity index (χ3v) is 6.15. The Hall–Kier alpha value is -2.64. The number of hydrogen-bond donors (Lipinski definition) is 1. The van der Waals surface area contributed by atoms with Crippen molar-refractivity contribution in [3.63, 3.8) is 0 Å². The molecule has 1 atom stereocenters. The van der Waals surface area contributed by atoms with E-state index in [1.807, 2.05) is 42.1 Å². The van der Waals surface area contributed by atoms with E-state index in [-0.39, 0.29) is 11.9 Å². The monoisotopic (exact) mass is 396 g/mol. The molecule has 7 heteroatoms. The van der Waals surface area contributed by atoms with Gasteiger partial charge in [-0.1, -0.05) is 18.2 Å². The molecule has 0 spiro atoms. The lowest BCUT2D eigenvalue weighted by molar-refractivity contribution is -0.123. The molecular formula is C21H24N4O2S. The third-order valence-electron chi connectivity index (χ3n) is 5.13. The molecule has 28 heavy (non-hydrogen) atoms. The van der Waals surface area contributed by atoms with Crippen molar-refractivity contribution in [2.75, 3.05) is 20.2 Å². The number of hydrogen-bond acceptors (Lipinski definition) is 5. The van der Waals surface area contributed by atoms with Crippen molar-refractivity contribution in [2.24, 2.45) is 7.05 Å². The molecule has 1 aliphatic rings. The highest BCUT2D eigenvalue weighted by Gasteiger charge is 2.25. The second-order valence-electron chi connectivity index (χ2n) is 6.97. The first kappa shape index (κ1) is 18.7. The maximum Gasteiger partial charge on any atom is 0.235 e. The summed E-state index contributed by atoms with van der Waals surface area (Å²) in [4.78, 5) is 21.0. The van der Waals surface area contributed by atoms with Crippen LogP contribution in [-0.4, -0.2) is 40.6 Å². The van der Waals surface area contributed by atoms with Crippen molar-refractivity contribution < 1.29 is 9.53 Å². The molecule has 6 nitrogen and oxygen atoms in total. The van der Waals surface area contributed by atoms with Gasteiger partial charge in [-0.2, -0.15) is 0 Å². The molecule has 0 bridgehead atoms. The molecule has 1 aliphatic heterocycles. The first-order valence-electron chi connectivity index (χ1n) is 9.33. The molecule has 1 amide bonds. The van der Waals surface area contributed by atoms with Crippen LogP contribution >= 0.6 is 11.3 Å². The number of benzene rings is 1. The Kier molecular flexibility index (Phi) is 5.45. The van der Waals surface area contributed by atoms with E-state index < -0.39 is 0 Å². The summed E-state index contributed by atoms with van der Waals surface area (Å²) in [6.07, 6.45) is 4.63. The minimum atomic E-state index is -0.370. The number of para-hydroxylation sites is 1. The minimum Gasteiger partial charge on any atom is -0.496 e. The second-order valence-corrected chi connectivity index (χ2v) is 7.97. The smallest absolute Gasteiger partial charge is 0.235 e. The highest BCUT2D eigenvalue weighted by atomic mass is 32.1. The van der Waals surface area contributed by atoms with Crippen molar-refractivity contribution in [1.29, 1.82) is 0 Å². The molecule has 0 radical (unpaired) electrons. The number of aromatic nitrogens is 2. The highest BCUT2D eigenvalue weighted by molar-refractivity contribution is 7.10. The Balaban J connectivity index is 1.53. The summed E-state index contributed by atoms with van der Waals surface area (Å²) in [7, 11) is 3.57. The van der Waals surface area contributed by atoms with Crippen molar-refractivity contribution in [2.45, 2.75) is 19.0 Å². The average Bonchev–Trinajstić information content (AvgIpc) is 3.34. The number of imidazole rings is 1. The summed E-state index contributed by atoms with van der Waals surface area (Å²) in [6.45, 7) is 2.10. The predicted octanol–water partition coefficient (Wildman–Crippen LogP) is 2.75. The summed E-state index contributed by atoms with van der Waals surface area (Å²) in [5.41, 5.74) is 2.24. The number of nitrogens with zero attached hydrogens (tertiary/aromatic N) is 3. The van der Waals surface area contributed by atoms with Gasteiger partial charge in [0.05, 0.1) is 13.7 Å². The van der Waals surface area contributed by atoms with Crippen LogP contribution in [0.5, 0.6) is 5.75 Å². The number of fused-ring (bicyclic) bond motifs is 1. The summed E-state index contributed by atoms with van der Waals surface area (Å²) < 4.78 is 7.45. The molecule has 146 valence electrons. The van der Waals surface area contributed by atoms with E-state index in [0.29, 0.717) is 6.54 Å². The molecule has 0 aliphatic carbocycles. The number of carbonyl (C=O) groups excluding carboxylic acids is 1. The summed E-state index contributed by atoms with van der Waals surface area (Å²) in [6, 6.07) is 9.53. The zero-order valence-electron chi connectivity index (χ0n) is 16.1. The zero-order valence-corrected chi connectivity index (χ0v) is 16.9. The van der Waals surface area contributed by atoms with Crippen LogP contribution in [0.3, 0.4) is 0 Å². The zero-order chi connectivity index (χ0) is 19.5. The SMILES string of the molecule is COc1ccccc1[C@H](NC(=O)CN1CCc2sccc2C1)c1nccn1C. The Morgan fingerprint density at radius 1 is 1.36 bits per heavy atom. The lowest BCUT2D eigenvalue weighted by Gasteiger charge is -2.27. The lowest BCUT2D eigenvalue weighted by Crippen LogP contribution is -2.41. The van der Waals surface area contributed by atoms with Crippen LogP contribution in [0.15, 0.2) is 48.1 Å². The number of ether oxygens (including phenoxy) is 1. The van der Waals surface area contributed by atoms with Gasteiger partial charge in [0, 0.05) is 43.0 Å². The van der Waals surface area contributed by atoms with Gasteiger partial charge < -0.3 is 14.6 Å². The molecule has 3 heterocycles. The topological polar surface area (TPSA) is 59.4 Å². The minimum absolute atomic E-state index is 0.0161. The van der Waals surface area contributed by atoms with Gasteiger partial charge in [0.15, 0.2) is 0 Å². The van der Waals surface area contributed by atoms with Gasteiger partial charge in [0.1, 0.15) is 17.6 Å². The van der Waals surface area contributed by atoms with E-state index in [9.17, 15) is 4.79 Å². The fourth-order valence-corrected chi connectivity index (χ4v) is 4.58. The first-order chi connectivity index (χ1) is 13.7. The number of nitrogens with one attached hydrogen (secondary N) is 1. The van der Waals surface area contributed by atoms with Crippen molar-refractivity contribution in [3.8, 4) is 5.75 Å². The van der Waals surface area contributed by atoms with Gasteiger partial charge in [-0.15, -0.1) is 11.3 Å².